The summed E-state index contributed by atoms with van der Waals surface area (Å²) in [7, 11) is -1.08. The number of nitrogens with zero attached hydrogens (tertiary/aromatic N) is 1. The van der Waals surface area contributed by atoms with Crippen molar-refractivity contribution in [1.29, 1.82) is 0 Å². The van der Waals surface area contributed by atoms with E-state index in [0.29, 0.717) is 11.6 Å². The van der Waals surface area contributed by atoms with Crippen LogP contribution in [-0.2, 0) is 4.74 Å². The van der Waals surface area contributed by atoms with Crippen LogP contribution >= 0.6 is 0 Å². The van der Waals surface area contributed by atoms with Crippen LogP contribution in [0.4, 0.5) is 0 Å². The predicted octanol–water partition coefficient (Wildman–Crippen LogP) is 4.05. The van der Waals surface area contributed by atoms with E-state index in [-0.39, 0.29) is 6.10 Å². The van der Waals surface area contributed by atoms with Crippen LogP contribution in [0.1, 0.15) is 39.0 Å². The van der Waals surface area contributed by atoms with Gasteiger partial charge in [0.25, 0.3) is 0 Å². The van der Waals surface area contributed by atoms with Gasteiger partial charge in [-0.25, -0.2) is 0 Å². The molecule has 2 heterocycles. The monoisotopic (exact) mass is 281 g/mol. The Morgan fingerprint density at radius 1 is 1.37 bits per heavy atom. The Morgan fingerprint density at radius 3 is 2.68 bits per heavy atom. The second-order valence-corrected chi connectivity index (χ2v) is 13.1. The number of hydrogen-bond acceptors (Lipinski definition) is 2. The molecule has 0 aromatic heterocycles. The maximum Gasteiger partial charge on any atom is 0.116 e. The maximum absolute atomic E-state index is 6.42. The van der Waals surface area contributed by atoms with Gasteiger partial charge in [-0.1, -0.05) is 32.6 Å². The lowest BCUT2D eigenvalue weighted by molar-refractivity contribution is -0.203. The molecule has 2 nitrogen and oxygen atoms in total. The minimum absolute atomic E-state index is 0.270. The highest BCUT2D eigenvalue weighted by atomic mass is 28.3. The van der Waals surface area contributed by atoms with Gasteiger partial charge in [-0.2, -0.15) is 0 Å². The topological polar surface area (TPSA) is 12.5 Å². The fraction of sp³-hybridized carbons (Fsp3) is 0.875. The lowest BCUT2D eigenvalue weighted by Gasteiger charge is -2.54. The van der Waals surface area contributed by atoms with Gasteiger partial charge in [0, 0.05) is 12.0 Å². The van der Waals surface area contributed by atoms with Crippen molar-refractivity contribution in [2.24, 2.45) is 5.41 Å². The summed E-state index contributed by atoms with van der Waals surface area (Å²) in [6.07, 6.45) is 10.3. The van der Waals surface area contributed by atoms with Gasteiger partial charge in [0.1, 0.15) is 6.23 Å². The van der Waals surface area contributed by atoms with Crippen molar-refractivity contribution < 1.29 is 4.74 Å². The Labute approximate surface area is 120 Å². The van der Waals surface area contributed by atoms with Crippen molar-refractivity contribution in [2.45, 2.75) is 71.0 Å². The Morgan fingerprint density at radius 2 is 2.11 bits per heavy atom. The first-order valence-electron chi connectivity index (χ1n) is 7.92. The molecule has 3 atom stereocenters. The van der Waals surface area contributed by atoms with Crippen molar-refractivity contribution in [3.05, 3.63) is 12.7 Å². The summed E-state index contributed by atoms with van der Waals surface area (Å²) in [6.45, 7) is 14.9. The van der Waals surface area contributed by atoms with Gasteiger partial charge < -0.3 is 4.74 Å². The third-order valence-electron chi connectivity index (χ3n) is 4.85. The highest BCUT2D eigenvalue weighted by Crippen LogP contribution is 2.47. The lowest BCUT2D eigenvalue weighted by atomic mass is 9.70. The van der Waals surface area contributed by atoms with Crippen molar-refractivity contribution in [3.63, 3.8) is 0 Å². The van der Waals surface area contributed by atoms with Crippen LogP contribution in [0.2, 0.25) is 19.6 Å². The minimum Gasteiger partial charge on any atom is -0.355 e. The quantitative estimate of drug-likeness (QED) is 0.569. The van der Waals surface area contributed by atoms with E-state index in [9.17, 15) is 0 Å². The molecule has 2 saturated heterocycles. The highest BCUT2D eigenvalue weighted by Gasteiger charge is 2.48. The van der Waals surface area contributed by atoms with E-state index in [0.717, 1.165) is 6.42 Å². The number of piperidine rings is 1. The molecule has 0 aliphatic carbocycles. The van der Waals surface area contributed by atoms with E-state index in [4.69, 9.17) is 4.74 Å². The highest BCUT2D eigenvalue weighted by molar-refractivity contribution is 6.76. The van der Waals surface area contributed by atoms with Gasteiger partial charge in [0.15, 0.2) is 0 Å². The summed E-state index contributed by atoms with van der Waals surface area (Å²) in [5.74, 6) is 0. The molecule has 0 saturated carbocycles. The summed E-state index contributed by atoms with van der Waals surface area (Å²) in [4.78, 5) is 2.66. The molecule has 110 valence electrons. The SMILES string of the molecule is C=CC1CC[C@@]2(CC)CCCN(C[Si](C)(C)C)[C@H]2O1. The normalized spacial score (nSPS) is 36.8. The van der Waals surface area contributed by atoms with E-state index < -0.39 is 8.07 Å². The van der Waals surface area contributed by atoms with Gasteiger partial charge in [-0.05, 0) is 38.3 Å². The Kier molecular flexibility index (Phi) is 4.58. The van der Waals surface area contributed by atoms with Gasteiger partial charge in [-0.3, -0.25) is 4.90 Å². The molecule has 2 aliphatic rings. The maximum atomic E-state index is 6.42. The van der Waals surface area contributed by atoms with Crippen molar-refractivity contribution in [3.8, 4) is 0 Å². The molecule has 2 aliphatic heterocycles. The molecular formula is C16H31NOSi. The lowest BCUT2D eigenvalue weighted by Crippen LogP contribution is -2.60. The van der Waals surface area contributed by atoms with Crippen LogP contribution in [0.5, 0.6) is 0 Å². The van der Waals surface area contributed by atoms with Crippen LogP contribution in [0.25, 0.3) is 0 Å². The zero-order valence-electron chi connectivity index (χ0n) is 13.2. The van der Waals surface area contributed by atoms with E-state index in [1.54, 1.807) is 0 Å². The second-order valence-electron chi connectivity index (χ2n) is 7.65. The molecule has 1 unspecified atom stereocenters. The summed E-state index contributed by atoms with van der Waals surface area (Å²) < 4.78 is 6.42. The van der Waals surface area contributed by atoms with Gasteiger partial charge >= 0.3 is 0 Å². The molecule has 0 radical (unpaired) electrons. The minimum atomic E-state index is -1.08. The first-order valence-corrected chi connectivity index (χ1v) is 11.6. The van der Waals surface area contributed by atoms with Crippen LogP contribution in [-0.4, -0.2) is 38.0 Å². The predicted molar refractivity (Wildman–Crippen MR) is 85.0 cm³/mol. The van der Waals surface area contributed by atoms with Crippen LogP contribution < -0.4 is 0 Å². The molecule has 0 N–H and O–H groups in total. The molecule has 3 heteroatoms. The summed E-state index contributed by atoms with van der Waals surface area (Å²) in [5, 5.41) is 0. The second kappa shape index (κ2) is 5.70. The Hall–Kier alpha value is -0.123. The standard InChI is InChI=1S/C16H31NOSi/c1-6-14-9-11-16(7-2)10-8-12-17(15(16)18-14)13-19(3,4)5/h6,14-15H,1,7-13H2,2-5H3/t14?,15-,16+/m0/s1. The number of hydrogen-bond donors (Lipinski definition) is 0. The average molecular weight is 282 g/mol. The zero-order chi connectivity index (χ0) is 14.1. The van der Waals surface area contributed by atoms with Gasteiger partial charge in [-0.15, -0.1) is 6.58 Å². The molecule has 0 amide bonds. The number of likely N-dealkylation sites (tertiary alicyclic amines) is 1. The fourth-order valence-electron chi connectivity index (χ4n) is 3.88. The molecule has 19 heavy (non-hydrogen) atoms. The number of fused-ring (bicyclic) bond motifs is 1. The van der Waals surface area contributed by atoms with Crippen LogP contribution in [0, 0.1) is 5.41 Å². The van der Waals surface area contributed by atoms with Crippen molar-refractivity contribution >= 4 is 8.07 Å². The van der Waals surface area contributed by atoms with E-state index in [1.807, 2.05) is 6.08 Å². The first kappa shape index (κ1) is 15.3. The van der Waals surface area contributed by atoms with E-state index >= 15 is 0 Å². The molecule has 0 aromatic rings. The van der Waals surface area contributed by atoms with Gasteiger partial charge in [0.2, 0.25) is 0 Å². The Balaban J connectivity index is 2.18. The largest absolute Gasteiger partial charge is 0.355 e. The molecule has 0 bridgehead atoms. The zero-order valence-corrected chi connectivity index (χ0v) is 14.2. The molecule has 2 fully saturated rings. The molecule has 0 aromatic carbocycles. The van der Waals surface area contributed by atoms with Crippen LogP contribution in [0.3, 0.4) is 0 Å². The van der Waals surface area contributed by atoms with Crippen LogP contribution in [0.15, 0.2) is 12.7 Å². The molecule has 0 spiro atoms. The van der Waals surface area contributed by atoms with E-state index in [2.05, 4.69) is 38.0 Å². The Bertz CT molecular complexity index is 325. The summed E-state index contributed by atoms with van der Waals surface area (Å²) in [5.41, 5.74) is 0.414. The fourth-order valence-corrected chi connectivity index (χ4v) is 5.42. The summed E-state index contributed by atoms with van der Waals surface area (Å²) >= 11 is 0. The van der Waals surface area contributed by atoms with Crippen molar-refractivity contribution in [2.75, 3.05) is 12.7 Å². The number of ether oxygens (including phenoxy) is 1. The smallest absolute Gasteiger partial charge is 0.116 e. The first-order chi connectivity index (χ1) is 8.90. The molecule has 2 rings (SSSR count). The third kappa shape index (κ3) is 3.31. The van der Waals surface area contributed by atoms with Crippen molar-refractivity contribution in [1.82, 2.24) is 4.90 Å². The summed E-state index contributed by atoms with van der Waals surface area (Å²) in [6, 6.07) is 0. The van der Waals surface area contributed by atoms with E-state index in [1.165, 1.54) is 38.4 Å². The van der Waals surface area contributed by atoms with Gasteiger partial charge in [0.05, 0.1) is 14.2 Å². The third-order valence-corrected chi connectivity index (χ3v) is 6.21. The molecular weight excluding hydrogens is 250 g/mol. The average Bonchev–Trinajstić information content (AvgIpc) is 2.37. The number of rotatable bonds is 4.